The van der Waals surface area contributed by atoms with Crippen LogP contribution in [-0.2, 0) is 11.8 Å². The van der Waals surface area contributed by atoms with Crippen molar-refractivity contribution >= 4 is 39.2 Å². The predicted molar refractivity (Wildman–Crippen MR) is 100 cm³/mol. The molecule has 3 rings (SSSR count). The summed E-state index contributed by atoms with van der Waals surface area (Å²) in [4.78, 5) is 33.6. The summed E-state index contributed by atoms with van der Waals surface area (Å²) in [5, 5.41) is 1.33. The molecular formula is C17H23N3O2S2. The lowest BCUT2D eigenvalue weighted by Gasteiger charge is -2.33. The molecule has 1 fully saturated rings. The fourth-order valence-corrected chi connectivity index (χ4v) is 5.09. The number of rotatable bonds is 3. The molecule has 0 spiro atoms. The molecule has 1 unspecified atom stereocenters. The fraction of sp³-hybridized carbons (Fsp3) is 0.588. The second-order valence-corrected chi connectivity index (χ2v) is 8.59. The maximum atomic E-state index is 12.6. The van der Waals surface area contributed by atoms with Crippen molar-refractivity contribution < 1.29 is 4.79 Å². The first kappa shape index (κ1) is 17.5. The average Bonchev–Trinajstić information content (AvgIpc) is 2.84. The minimum Gasteiger partial charge on any atom is -0.339 e. The van der Waals surface area contributed by atoms with E-state index in [2.05, 4.69) is 11.9 Å². The van der Waals surface area contributed by atoms with E-state index in [1.54, 1.807) is 23.0 Å². The van der Waals surface area contributed by atoms with Crippen LogP contribution in [0.3, 0.4) is 0 Å². The molecule has 3 heterocycles. The standard InChI is InChI=1S/C17H23N3O2S2/c1-10-7-5-6-8-20(10)13(21)9-23-17-18-15-14(16(22)19(17)4)11(2)12(3)24-15/h10H,5-9H2,1-4H3. The summed E-state index contributed by atoms with van der Waals surface area (Å²) in [6, 6.07) is 0.314. The number of hydrogen-bond acceptors (Lipinski definition) is 5. The molecule has 1 saturated heterocycles. The molecule has 0 radical (unpaired) electrons. The maximum absolute atomic E-state index is 12.6. The van der Waals surface area contributed by atoms with Crippen molar-refractivity contribution in [1.82, 2.24) is 14.5 Å². The van der Waals surface area contributed by atoms with Crippen LogP contribution in [0, 0.1) is 13.8 Å². The van der Waals surface area contributed by atoms with Crippen molar-refractivity contribution in [3.63, 3.8) is 0 Å². The zero-order valence-corrected chi connectivity index (χ0v) is 16.2. The zero-order chi connectivity index (χ0) is 17.4. The van der Waals surface area contributed by atoms with Crippen LogP contribution in [0.5, 0.6) is 0 Å². The second kappa shape index (κ2) is 6.88. The van der Waals surface area contributed by atoms with Crippen LogP contribution >= 0.6 is 23.1 Å². The van der Waals surface area contributed by atoms with E-state index in [9.17, 15) is 9.59 Å². The topological polar surface area (TPSA) is 55.2 Å². The minimum absolute atomic E-state index is 0.0249. The third-order valence-corrected chi connectivity index (χ3v) is 6.93. The van der Waals surface area contributed by atoms with Gasteiger partial charge in [-0.2, -0.15) is 0 Å². The Morgan fingerprint density at radius 2 is 2.12 bits per heavy atom. The number of amides is 1. The summed E-state index contributed by atoms with van der Waals surface area (Å²) >= 11 is 2.91. The van der Waals surface area contributed by atoms with Crippen LogP contribution in [-0.4, -0.2) is 38.7 Å². The third kappa shape index (κ3) is 3.11. The van der Waals surface area contributed by atoms with Gasteiger partial charge in [0.25, 0.3) is 5.56 Å². The van der Waals surface area contributed by atoms with Gasteiger partial charge < -0.3 is 4.90 Å². The molecule has 130 valence electrons. The van der Waals surface area contributed by atoms with E-state index in [0.29, 0.717) is 22.3 Å². The van der Waals surface area contributed by atoms with Gasteiger partial charge in [0.15, 0.2) is 5.16 Å². The lowest BCUT2D eigenvalue weighted by atomic mass is 10.0. The Morgan fingerprint density at radius 3 is 2.83 bits per heavy atom. The van der Waals surface area contributed by atoms with Gasteiger partial charge in [-0.05, 0) is 45.6 Å². The molecule has 0 aliphatic carbocycles. The quantitative estimate of drug-likeness (QED) is 0.619. The Morgan fingerprint density at radius 1 is 1.38 bits per heavy atom. The van der Waals surface area contributed by atoms with Crippen molar-refractivity contribution in [3.05, 3.63) is 20.8 Å². The summed E-state index contributed by atoms with van der Waals surface area (Å²) in [6.45, 7) is 6.93. The summed E-state index contributed by atoms with van der Waals surface area (Å²) < 4.78 is 1.57. The van der Waals surface area contributed by atoms with Crippen molar-refractivity contribution in [2.45, 2.75) is 51.2 Å². The lowest BCUT2D eigenvalue weighted by molar-refractivity contribution is -0.131. The third-order valence-electron chi connectivity index (χ3n) is 4.82. The molecule has 0 saturated carbocycles. The smallest absolute Gasteiger partial charge is 0.262 e. The number of aromatic nitrogens is 2. The number of fused-ring (bicyclic) bond motifs is 1. The van der Waals surface area contributed by atoms with Crippen LogP contribution in [0.1, 0.15) is 36.6 Å². The molecule has 1 amide bonds. The highest BCUT2D eigenvalue weighted by Gasteiger charge is 2.23. The first-order valence-electron chi connectivity index (χ1n) is 8.29. The Bertz CT molecular complexity index is 840. The van der Waals surface area contributed by atoms with Crippen LogP contribution in [0.4, 0.5) is 0 Å². The van der Waals surface area contributed by atoms with Crippen molar-refractivity contribution in [1.29, 1.82) is 0 Å². The first-order chi connectivity index (χ1) is 11.4. The summed E-state index contributed by atoms with van der Waals surface area (Å²) in [5.41, 5.74) is 0.987. The number of carbonyl (C=O) groups is 1. The Kier molecular flexibility index (Phi) is 5.01. The summed E-state index contributed by atoms with van der Waals surface area (Å²) in [7, 11) is 1.73. The maximum Gasteiger partial charge on any atom is 0.262 e. The molecule has 0 aromatic carbocycles. The van der Waals surface area contributed by atoms with Crippen molar-refractivity contribution in [2.75, 3.05) is 12.3 Å². The van der Waals surface area contributed by atoms with Gasteiger partial charge in [0.2, 0.25) is 5.91 Å². The zero-order valence-electron chi connectivity index (χ0n) is 14.6. The van der Waals surface area contributed by atoms with E-state index < -0.39 is 0 Å². The van der Waals surface area contributed by atoms with Crippen LogP contribution in [0.25, 0.3) is 10.2 Å². The normalized spacial score (nSPS) is 18.3. The van der Waals surface area contributed by atoms with Gasteiger partial charge in [-0.1, -0.05) is 11.8 Å². The second-order valence-electron chi connectivity index (χ2n) is 6.44. The molecule has 5 nitrogen and oxygen atoms in total. The molecule has 0 N–H and O–H groups in total. The summed E-state index contributed by atoms with van der Waals surface area (Å²) in [6.07, 6.45) is 3.35. The van der Waals surface area contributed by atoms with Crippen LogP contribution in [0.15, 0.2) is 9.95 Å². The van der Waals surface area contributed by atoms with Gasteiger partial charge in [0.1, 0.15) is 4.83 Å². The number of thiophene rings is 1. The predicted octanol–water partition coefficient (Wildman–Crippen LogP) is 3.10. The molecule has 2 aromatic heterocycles. The van der Waals surface area contributed by atoms with Gasteiger partial charge in [-0.25, -0.2) is 4.98 Å². The molecule has 7 heteroatoms. The summed E-state index contributed by atoms with van der Waals surface area (Å²) in [5.74, 6) is 0.472. The number of likely N-dealkylation sites (tertiary alicyclic amines) is 1. The number of aryl methyl sites for hydroxylation is 2. The largest absolute Gasteiger partial charge is 0.339 e. The number of thioether (sulfide) groups is 1. The Labute approximate surface area is 150 Å². The minimum atomic E-state index is -0.0249. The van der Waals surface area contributed by atoms with Gasteiger partial charge in [0, 0.05) is 24.5 Å². The molecule has 1 aliphatic rings. The molecule has 1 aliphatic heterocycles. The average molecular weight is 366 g/mol. The highest BCUT2D eigenvalue weighted by atomic mass is 32.2. The highest BCUT2D eigenvalue weighted by Crippen LogP contribution is 2.28. The van der Waals surface area contributed by atoms with E-state index in [0.717, 1.165) is 34.7 Å². The molecule has 0 bridgehead atoms. The van der Waals surface area contributed by atoms with E-state index >= 15 is 0 Å². The van der Waals surface area contributed by atoms with E-state index in [1.807, 2.05) is 18.7 Å². The first-order valence-corrected chi connectivity index (χ1v) is 10.1. The Balaban J connectivity index is 1.81. The van der Waals surface area contributed by atoms with E-state index in [-0.39, 0.29) is 11.5 Å². The van der Waals surface area contributed by atoms with Gasteiger partial charge in [-0.3, -0.25) is 14.2 Å². The monoisotopic (exact) mass is 365 g/mol. The van der Waals surface area contributed by atoms with Gasteiger partial charge in [-0.15, -0.1) is 11.3 Å². The SMILES string of the molecule is Cc1sc2nc(SCC(=O)N3CCCCC3C)n(C)c(=O)c2c1C. The number of carbonyl (C=O) groups excluding carboxylic acids is 1. The van der Waals surface area contributed by atoms with Crippen LogP contribution < -0.4 is 5.56 Å². The fourth-order valence-electron chi connectivity index (χ4n) is 3.16. The molecule has 2 aromatic rings. The number of nitrogens with zero attached hydrogens (tertiary/aromatic N) is 3. The highest BCUT2D eigenvalue weighted by molar-refractivity contribution is 7.99. The van der Waals surface area contributed by atoms with E-state index in [4.69, 9.17) is 0 Å². The van der Waals surface area contributed by atoms with Gasteiger partial charge >= 0.3 is 0 Å². The lowest BCUT2D eigenvalue weighted by Crippen LogP contribution is -2.43. The van der Waals surface area contributed by atoms with E-state index in [1.165, 1.54) is 18.2 Å². The molecule has 1 atom stereocenters. The van der Waals surface area contributed by atoms with Gasteiger partial charge in [0.05, 0.1) is 11.1 Å². The number of hydrogen-bond donors (Lipinski definition) is 0. The van der Waals surface area contributed by atoms with Crippen LogP contribution in [0.2, 0.25) is 0 Å². The van der Waals surface area contributed by atoms with Crippen molar-refractivity contribution in [2.24, 2.45) is 7.05 Å². The number of piperidine rings is 1. The molecular weight excluding hydrogens is 342 g/mol. The Hall–Kier alpha value is -1.34. The van der Waals surface area contributed by atoms with Crippen molar-refractivity contribution in [3.8, 4) is 0 Å². The molecule has 24 heavy (non-hydrogen) atoms.